The minimum atomic E-state index is -3.34. The highest BCUT2D eigenvalue weighted by molar-refractivity contribution is 7.92. The number of aryl methyl sites for hydroxylation is 1. The smallest absolute Gasteiger partial charge is 0.229 e. The lowest BCUT2D eigenvalue weighted by Crippen LogP contribution is -2.31. The highest BCUT2D eigenvalue weighted by atomic mass is 32.2. The zero-order valence-electron chi connectivity index (χ0n) is 19.9. The third-order valence-electron chi connectivity index (χ3n) is 6.24. The van der Waals surface area contributed by atoms with Crippen LogP contribution in [-0.4, -0.2) is 27.7 Å². The minimum absolute atomic E-state index is 0.0461. The van der Waals surface area contributed by atoms with E-state index in [2.05, 4.69) is 55.1 Å². The Hall–Kier alpha value is -2.38. The highest BCUT2D eigenvalue weighted by Gasteiger charge is 2.60. The number of nitrogens with one attached hydrogen (secondary N) is 2. The van der Waals surface area contributed by atoms with Gasteiger partial charge in [-0.3, -0.25) is 9.52 Å². The molecule has 0 heterocycles. The quantitative estimate of drug-likeness (QED) is 0.644. The standard InChI is InChI=1S/C25H34N2O4S/c1-16-14-18(8-13-22(16)27-32(7,29)30)17(2)26-23(28)21-15-25(21,31-6)20-11-9-19(10-12-20)24(3,4)5/h8-14,17,21,27H,15H2,1-7H3,(H,26,28). The topological polar surface area (TPSA) is 84.5 Å². The van der Waals surface area contributed by atoms with Crippen molar-refractivity contribution >= 4 is 21.6 Å². The number of amides is 1. The molecule has 3 rings (SSSR count). The summed E-state index contributed by atoms with van der Waals surface area (Å²) in [5, 5.41) is 3.09. The van der Waals surface area contributed by atoms with Gasteiger partial charge >= 0.3 is 0 Å². The van der Waals surface area contributed by atoms with Crippen LogP contribution in [0.5, 0.6) is 0 Å². The van der Waals surface area contributed by atoms with E-state index in [1.165, 1.54) is 5.56 Å². The van der Waals surface area contributed by atoms with Crippen molar-refractivity contribution in [3.05, 3.63) is 64.7 Å². The Kier molecular flexibility index (Phi) is 6.46. The lowest BCUT2D eigenvalue weighted by Gasteiger charge is -2.22. The Morgan fingerprint density at radius 2 is 1.78 bits per heavy atom. The van der Waals surface area contributed by atoms with E-state index >= 15 is 0 Å². The van der Waals surface area contributed by atoms with Gasteiger partial charge in [0.15, 0.2) is 0 Å². The Morgan fingerprint density at radius 1 is 1.16 bits per heavy atom. The molecule has 2 N–H and O–H groups in total. The van der Waals surface area contributed by atoms with Crippen molar-refractivity contribution in [1.82, 2.24) is 5.32 Å². The Labute approximate surface area is 191 Å². The molecule has 1 saturated carbocycles. The fourth-order valence-electron chi connectivity index (χ4n) is 4.13. The summed E-state index contributed by atoms with van der Waals surface area (Å²) in [4.78, 5) is 13.0. The normalized spacial score (nSPS) is 21.7. The van der Waals surface area contributed by atoms with Gasteiger partial charge in [0.1, 0.15) is 5.60 Å². The summed E-state index contributed by atoms with van der Waals surface area (Å²) in [6.45, 7) is 10.3. The Bertz CT molecular complexity index is 1100. The number of methoxy groups -OCH3 is 1. The maximum atomic E-state index is 13.0. The van der Waals surface area contributed by atoms with E-state index in [-0.39, 0.29) is 23.3 Å². The fraction of sp³-hybridized carbons (Fsp3) is 0.480. The van der Waals surface area contributed by atoms with E-state index in [9.17, 15) is 13.2 Å². The predicted molar refractivity (Wildman–Crippen MR) is 128 cm³/mol. The number of carbonyl (C=O) groups is 1. The summed E-state index contributed by atoms with van der Waals surface area (Å²) in [6.07, 6.45) is 1.77. The molecule has 3 unspecified atom stereocenters. The van der Waals surface area contributed by atoms with Gasteiger partial charge in [-0.2, -0.15) is 0 Å². The van der Waals surface area contributed by atoms with E-state index in [1.807, 2.05) is 26.0 Å². The fourth-order valence-corrected chi connectivity index (χ4v) is 4.76. The molecule has 6 nitrogen and oxygen atoms in total. The third-order valence-corrected chi connectivity index (χ3v) is 6.83. The summed E-state index contributed by atoms with van der Waals surface area (Å²) >= 11 is 0. The molecular weight excluding hydrogens is 424 g/mol. The van der Waals surface area contributed by atoms with E-state index in [0.717, 1.165) is 22.9 Å². The van der Waals surface area contributed by atoms with Crippen molar-refractivity contribution in [2.24, 2.45) is 5.92 Å². The second kappa shape index (κ2) is 8.52. The summed E-state index contributed by atoms with van der Waals surface area (Å²) in [5.74, 6) is -0.294. The molecule has 0 spiro atoms. The average Bonchev–Trinajstić information content (AvgIpc) is 3.44. The maximum Gasteiger partial charge on any atom is 0.229 e. The first kappa shape index (κ1) is 24.3. The van der Waals surface area contributed by atoms with Crippen LogP contribution in [0, 0.1) is 12.8 Å². The van der Waals surface area contributed by atoms with Crippen molar-refractivity contribution in [3.8, 4) is 0 Å². The molecule has 3 atom stereocenters. The van der Waals surface area contributed by atoms with Crippen LogP contribution in [0.25, 0.3) is 0 Å². The van der Waals surface area contributed by atoms with E-state index < -0.39 is 15.6 Å². The van der Waals surface area contributed by atoms with Gasteiger partial charge in [0, 0.05) is 7.11 Å². The summed E-state index contributed by atoms with van der Waals surface area (Å²) in [7, 11) is -1.68. The molecule has 2 aromatic rings. The van der Waals surface area contributed by atoms with Gasteiger partial charge in [-0.05, 0) is 54.0 Å². The largest absolute Gasteiger partial charge is 0.373 e. The van der Waals surface area contributed by atoms with Crippen LogP contribution in [0.3, 0.4) is 0 Å². The lowest BCUT2D eigenvalue weighted by molar-refractivity contribution is -0.125. The van der Waals surface area contributed by atoms with Gasteiger partial charge in [-0.1, -0.05) is 57.2 Å². The molecule has 32 heavy (non-hydrogen) atoms. The number of benzene rings is 2. The molecule has 7 heteroatoms. The first-order valence-corrected chi connectivity index (χ1v) is 12.7. The van der Waals surface area contributed by atoms with Crippen molar-refractivity contribution in [2.45, 2.75) is 58.1 Å². The van der Waals surface area contributed by atoms with Crippen molar-refractivity contribution in [3.63, 3.8) is 0 Å². The molecule has 0 aliphatic heterocycles. The van der Waals surface area contributed by atoms with Crippen molar-refractivity contribution in [1.29, 1.82) is 0 Å². The molecule has 1 fully saturated rings. The van der Waals surface area contributed by atoms with Gasteiger partial charge in [0.2, 0.25) is 15.9 Å². The van der Waals surface area contributed by atoms with Crippen LogP contribution in [0.4, 0.5) is 5.69 Å². The Morgan fingerprint density at radius 3 is 2.28 bits per heavy atom. The van der Waals surface area contributed by atoms with Crippen LogP contribution in [0.1, 0.15) is 62.4 Å². The molecule has 1 amide bonds. The van der Waals surface area contributed by atoms with Gasteiger partial charge in [0.25, 0.3) is 0 Å². The van der Waals surface area contributed by atoms with Gasteiger partial charge in [-0.25, -0.2) is 8.42 Å². The van der Waals surface area contributed by atoms with Gasteiger partial charge in [0.05, 0.1) is 23.9 Å². The van der Waals surface area contributed by atoms with Crippen LogP contribution in [0.15, 0.2) is 42.5 Å². The van der Waals surface area contributed by atoms with Crippen LogP contribution < -0.4 is 10.0 Å². The first-order valence-electron chi connectivity index (χ1n) is 10.8. The second-order valence-electron chi connectivity index (χ2n) is 9.86. The molecule has 1 aliphatic rings. The van der Waals surface area contributed by atoms with E-state index in [0.29, 0.717) is 12.1 Å². The summed E-state index contributed by atoms with van der Waals surface area (Å²) < 4.78 is 31.3. The number of ether oxygens (including phenoxy) is 1. The lowest BCUT2D eigenvalue weighted by atomic mass is 9.86. The SMILES string of the molecule is COC1(c2ccc(C(C)(C)C)cc2)CC1C(=O)NC(C)c1ccc(NS(C)(=O)=O)c(C)c1. The molecule has 174 valence electrons. The zero-order valence-corrected chi connectivity index (χ0v) is 20.8. The first-order chi connectivity index (χ1) is 14.8. The zero-order chi connectivity index (χ0) is 23.9. The molecule has 0 bridgehead atoms. The number of sulfonamides is 1. The summed E-state index contributed by atoms with van der Waals surface area (Å²) in [5.41, 5.74) is 3.99. The van der Waals surface area contributed by atoms with Crippen molar-refractivity contribution in [2.75, 3.05) is 18.1 Å². The molecule has 0 radical (unpaired) electrons. The molecular formula is C25H34N2O4S. The number of anilines is 1. The second-order valence-corrected chi connectivity index (χ2v) is 11.6. The predicted octanol–water partition coefficient (Wildman–Crippen LogP) is 4.40. The molecule has 1 aliphatic carbocycles. The number of carbonyl (C=O) groups excluding carboxylic acids is 1. The third kappa shape index (κ3) is 5.15. The monoisotopic (exact) mass is 458 g/mol. The molecule has 2 aromatic carbocycles. The van der Waals surface area contributed by atoms with Gasteiger partial charge in [-0.15, -0.1) is 0 Å². The minimum Gasteiger partial charge on any atom is -0.373 e. The summed E-state index contributed by atoms with van der Waals surface area (Å²) in [6, 6.07) is 13.6. The molecule has 0 aromatic heterocycles. The van der Waals surface area contributed by atoms with E-state index in [4.69, 9.17) is 4.74 Å². The van der Waals surface area contributed by atoms with Crippen LogP contribution >= 0.6 is 0 Å². The maximum absolute atomic E-state index is 13.0. The highest BCUT2D eigenvalue weighted by Crippen LogP contribution is 2.55. The van der Waals surface area contributed by atoms with Gasteiger partial charge < -0.3 is 10.1 Å². The van der Waals surface area contributed by atoms with Crippen molar-refractivity contribution < 1.29 is 17.9 Å². The molecule has 0 saturated heterocycles. The average molecular weight is 459 g/mol. The number of hydrogen-bond donors (Lipinski definition) is 2. The number of hydrogen-bond acceptors (Lipinski definition) is 4. The van der Waals surface area contributed by atoms with Crippen LogP contribution in [-0.2, 0) is 30.6 Å². The van der Waals surface area contributed by atoms with E-state index in [1.54, 1.807) is 13.2 Å². The van der Waals surface area contributed by atoms with Crippen LogP contribution in [0.2, 0.25) is 0 Å². The number of rotatable bonds is 7. The Balaban J connectivity index is 1.70.